The van der Waals surface area contributed by atoms with Gasteiger partial charge >= 0.3 is 0 Å². The third kappa shape index (κ3) is 4.29. The minimum absolute atomic E-state index is 0.00821. The van der Waals surface area contributed by atoms with Gasteiger partial charge < -0.3 is 14.5 Å². The minimum Gasteiger partial charge on any atom is -0.481 e. The molecule has 0 spiro atoms. The van der Waals surface area contributed by atoms with Crippen LogP contribution < -0.4 is 9.64 Å². The largest absolute Gasteiger partial charge is 0.481 e. The average Bonchev–Trinajstić information content (AvgIpc) is 3.41. The first kappa shape index (κ1) is 19.2. The first-order valence-electron chi connectivity index (χ1n) is 8.93. The molecule has 9 heteroatoms. The Hall–Kier alpha value is -2.16. The number of hydrogen-bond donors (Lipinski definition) is 0. The van der Waals surface area contributed by atoms with Crippen molar-refractivity contribution >= 4 is 45.3 Å². The average molecular weight is 435 g/mol. The molecule has 6 nitrogen and oxygen atoms in total. The van der Waals surface area contributed by atoms with Crippen LogP contribution in [0.3, 0.4) is 0 Å². The molecule has 1 aliphatic heterocycles. The van der Waals surface area contributed by atoms with Gasteiger partial charge in [0.15, 0.2) is 11.1 Å². The molecule has 1 unspecified atom stereocenters. The maximum absolute atomic E-state index is 12.7. The number of carbonyl (C=O) groups excluding carboxylic acids is 1. The number of hydrogen-bond acceptors (Lipinski definition) is 7. The summed E-state index contributed by atoms with van der Waals surface area (Å²) in [6.07, 6.45) is -0.542. The van der Waals surface area contributed by atoms with Crippen molar-refractivity contribution in [2.75, 3.05) is 31.1 Å². The Kier molecular flexibility index (Phi) is 5.79. The second-order valence-electron chi connectivity index (χ2n) is 6.39. The lowest BCUT2D eigenvalue weighted by molar-refractivity contribution is -0.138. The van der Waals surface area contributed by atoms with Gasteiger partial charge in [0.05, 0.1) is 4.88 Å². The molecular weight excluding hydrogens is 416 g/mol. The van der Waals surface area contributed by atoms with Crippen LogP contribution in [-0.4, -0.2) is 53.3 Å². The lowest BCUT2D eigenvalue weighted by Crippen LogP contribution is -2.52. The van der Waals surface area contributed by atoms with E-state index in [0.29, 0.717) is 23.9 Å². The van der Waals surface area contributed by atoms with E-state index < -0.39 is 6.10 Å². The molecular formula is C19H19ClN4O2S2. The van der Waals surface area contributed by atoms with Crippen molar-refractivity contribution in [3.05, 3.63) is 46.8 Å². The van der Waals surface area contributed by atoms with Crippen LogP contribution in [0.4, 0.5) is 5.13 Å². The van der Waals surface area contributed by atoms with Crippen LogP contribution in [0.15, 0.2) is 41.8 Å². The molecule has 0 saturated carbocycles. The van der Waals surface area contributed by atoms with Crippen molar-refractivity contribution in [2.45, 2.75) is 13.0 Å². The summed E-state index contributed by atoms with van der Waals surface area (Å²) in [6.45, 7) is 4.53. The Morgan fingerprint density at radius 2 is 1.89 bits per heavy atom. The van der Waals surface area contributed by atoms with Crippen molar-refractivity contribution in [3.63, 3.8) is 0 Å². The number of rotatable bonds is 5. The van der Waals surface area contributed by atoms with Crippen LogP contribution in [0.2, 0.25) is 5.02 Å². The van der Waals surface area contributed by atoms with E-state index in [1.165, 1.54) is 0 Å². The first-order chi connectivity index (χ1) is 13.6. The fourth-order valence-corrected chi connectivity index (χ4v) is 4.80. The molecule has 146 valence electrons. The maximum Gasteiger partial charge on any atom is 0.263 e. The van der Waals surface area contributed by atoms with E-state index in [0.717, 1.165) is 28.1 Å². The van der Waals surface area contributed by atoms with Gasteiger partial charge in [-0.25, -0.2) is 0 Å². The molecule has 1 amide bonds. The van der Waals surface area contributed by atoms with Crippen LogP contribution in [0, 0.1) is 0 Å². The molecule has 1 saturated heterocycles. The van der Waals surface area contributed by atoms with Crippen molar-refractivity contribution < 1.29 is 9.53 Å². The number of ether oxygens (including phenoxy) is 1. The third-order valence-corrected chi connectivity index (χ3v) is 6.76. The summed E-state index contributed by atoms with van der Waals surface area (Å²) in [6, 6.07) is 11.1. The molecule has 1 aromatic carbocycles. The Morgan fingerprint density at radius 3 is 2.57 bits per heavy atom. The Labute approximate surface area is 176 Å². The molecule has 0 aliphatic carbocycles. The molecule has 0 radical (unpaired) electrons. The highest BCUT2D eigenvalue weighted by Gasteiger charge is 2.27. The number of carbonyl (C=O) groups is 1. The predicted molar refractivity (Wildman–Crippen MR) is 114 cm³/mol. The number of piperazine rings is 1. The van der Waals surface area contributed by atoms with Crippen LogP contribution in [0.5, 0.6) is 5.75 Å². The van der Waals surface area contributed by atoms with E-state index in [9.17, 15) is 4.79 Å². The van der Waals surface area contributed by atoms with Gasteiger partial charge in [0.2, 0.25) is 5.13 Å². The smallest absolute Gasteiger partial charge is 0.263 e. The zero-order chi connectivity index (χ0) is 19.5. The van der Waals surface area contributed by atoms with Gasteiger partial charge in [0, 0.05) is 31.2 Å². The van der Waals surface area contributed by atoms with E-state index in [2.05, 4.69) is 15.1 Å². The number of aromatic nitrogens is 2. The number of benzene rings is 1. The number of amides is 1. The first-order valence-corrected chi connectivity index (χ1v) is 11.0. The van der Waals surface area contributed by atoms with Gasteiger partial charge in [0.25, 0.3) is 5.91 Å². The Morgan fingerprint density at radius 1 is 1.14 bits per heavy atom. The molecule has 1 atom stereocenters. The van der Waals surface area contributed by atoms with Crippen molar-refractivity contribution in [1.82, 2.24) is 15.1 Å². The second-order valence-corrected chi connectivity index (χ2v) is 8.73. The quantitative estimate of drug-likeness (QED) is 0.606. The molecule has 1 aliphatic rings. The Balaban J connectivity index is 1.32. The minimum atomic E-state index is -0.542. The predicted octanol–water partition coefficient (Wildman–Crippen LogP) is 4.04. The molecule has 1 fully saturated rings. The van der Waals surface area contributed by atoms with E-state index in [-0.39, 0.29) is 5.91 Å². The maximum atomic E-state index is 12.7. The molecule has 3 heterocycles. The van der Waals surface area contributed by atoms with Crippen molar-refractivity contribution in [1.29, 1.82) is 0 Å². The van der Waals surface area contributed by atoms with E-state index in [1.54, 1.807) is 53.9 Å². The van der Waals surface area contributed by atoms with Crippen LogP contribution in [0.25, 0.3) is 9.88 Å². The normalized spacial score (nSPS) is 15.5. The van der Waals surface area contributed by atoms with E-state index >= 15 is 0 Å². The number of thiophene rings is 1. The zero-order valence-corrected chi connectivity index (χ0v) is 17.6. The van der Waals surface area contributed by atoms with Crippen LogP contribution >= 0.6 is 34.3 Å². The van der Waals surface area contributed by atoms with E-state index in [4.69, 9.17) is 16.3 Å². The van der Waals surface area contributed by atoms with Gasteiger partial charge in [-0.1, -0.05) is 29.0 Å². The summed E-state index contributed by atoms with van der Waals surface area (Å²) >= 11 is 9.13. The summed E-state index contributed by atoms with van der Waals surface area (Å²) in [5, 5.41) is 13.1. The lowest BCUT2D eigenvalue weighted by Gasteiger charge is -2.35. The lowest BCUT2D eigenvalue weighted by atomic mass is 10.2. The van der Waals surface area contributed by atoms with Gasteiger partial charge in [0.1, 0.15) is 5.75 Å². The highest BCUT2D eigenvalue weighted by atomic mass is 35.5. The topological polar surface area (TPSA) is 58.6 Å². The summed E-state index contributed by atoms with van der Waals surface area (Å²) in [7, 11) is 0. The summed E-state index contributed by atoms with van der Waals surface area (Å²) in [5.41, 5.74) is 0. The monoisotopic (exact) mass is 434 g/mol. The third-order valence-electron chi connectivity index (χ3n) is 4.48. The molecule has 0 bridgehead atoms. The Bertz CT molecular complexity index is 922. The molecule has 28 heavy (non-hydrogen) atoms. The molecule has 4 rings (SSSR count). The van der Waals surface area contributed by atoms with Gasteiger partial charge in [-0.2, -0.15) is 0 Å². The fraction of sp³-hybridized carbons (Fsp3) is 0.316. The SMILES string of the molecule is CC(Oc1ccc(Cl)cc1)C(=O)N1CCN(c2nnc(-c3cccs3)s2)CC1. The van der Waals surface area contributed by atoms with Gasteiger partial charge in [-0.15, -0.1) is 21.5 Å². The van der Waals surface area contributed by atoms with Crippen LogP contribution in [-0.2, 0) is 4.79 Å². The number of anilines is 1. The highest BCUT2D eigenvalue weighted by Crippen LogP contribution is 2.31. The summed E-state index contributed by atoms with van der Waals surface area (Å²) in [4.78, 5) is 17.9. The van der Waals surface area contributed by atoms with Crippen molar-refractivity contribution in [2.24, 2.45) is 0 Å². The summed E-state index contributed by atoms with van der Waals surface area (Å²) < 4.78 is 5.76. The van der Waals surface area contributed by atoms with Gasteiger partial charge in [-0.3, -0.25) is 4.79 Å². The zero-order valence-electron chi connectivity index (χ0n) is 15.2. The van der Waals surface area contributed by atoms with Crippen LogP contribution in [0.1, 0.15) is 6.92 Å². The van der Waals surface area contributed by atoms with Gasteiger partial charge in [-0.05, 0) is 42.6 Å². The molecule has 0 N–H and O–H groups in total. The number of nitrogens with zero attached hydrogens (tertiary/aromatic N) is 4. The molecule has 3 aromatic rings. The summed E-state index contributed by atoms with van der Waals surface area (Å²) in [5.74, 6) is 0.630. The standard InChI is InChI=1S/C19H19ClN4O2S2/c1-13(26-15-6-4-14(20)5-7-15)18(25)23-8-10-24(11-9-23)19-22-21-17(28-19)16-3-2-12-27-16/h2-7,12-13H,8-11H2,1H3. The highest BCUT2D eigenvalue weighted by molar-refractivity contribution is 7.22. The molecule has 2 aromatic heterocycles. The second kappa shape index (κ2) is 8.46. The van der Waals surface area contributed by atoms with Crippen molar-refractivity contribution in [3.8, 4) is 15.6 Å². The fourth-order valence-electron chi connectivity index (χ4n) is 2.99. The van der Waals surface area contributed by atoms with E-state index in [1.807, 2.05) is 22.4 Å². The number of halogens is 1.